The molecule has 3 rings (SSSR count). The maximum Gasteiger partial charge on any atom is 0.221 e. The van der Waals surface area contributed by atoms with E-state index in [0.717, 1.165) is 22.0 Å². The number of carbonyl (C=O) groups excluding carboxylic acids is 1. The van der Waals surface area contributed by atoms with E-state index >= 15 is 0 Å². The largest absolute Gasteiger partial charge is 0.486 e. The fourth-order valence-corrected chi connectivity index (χ4v) is 3.44. The predicted octanol–water partition coefficient (Wildman–Crippen LogP) is 2.79. The van der Waals surface area contributed by atoms with Crippen LogP contribution in [0.15, 0.2) is 53.4 Å². The average molecular weight is 359 g/mol. The topological polar surface area (TPSA) is 67.8 Å². The number of aliphatic hydroxyl groups excluding tert-OH is 1. The van der Waals surface area contributed by atoms with Crippen molar-refractivity contribution < 1.29 is 19.4 Å². The van der Waals surface area contributed by atoms with Crippen molar-refractivity contribution in [3.8, 4) is 11.5 Å². The number of aliphatic hydroxyl groups is 1. The lowest BCUT2D eigenvalue weighted by Crippen LogP contribution is -2.30. The standard InChI is InChI=1S/C19H21NO4S/c21-13-16(14-4-2-1-3-5-14)20-19(22)8-11-25-15-6-7-17-18(12-15)24-10-9-23-17/h1-7,12,16,21H,8-11,13H2,(H,20,22)/t16-/m0/s1. The molecule has 1 heterocycles. The van der Waals surface area contributed by atoms with Crippen LogP contribution in [-0.4, -0.2) is 36.6 Å². The average Bonchev–Trinajstić information content (AvgIpc) is 2.66. The molecular weight excluding hydrogens is 338 g/mol. The molecule has 2 N–H and O–H groups in total. The molecule has 0 fully saturated rings. The molecule has 5 nitrogen and oxygen atoms in total. The molecule has 1 amide bonds. The Balaban J connectivity index is 1.47. The predicted molar refractivity (Wildman–Crippen MR) is 97.2 cm³/mol. The highest BCUT2D eigenvalue weighted by atomic mass is 32.2. The van der Waals surface area contributed by atoms with Crippen molar-refractivity contribution in [1.29, 1.82) is 0 Å². The van der Waals surface area contributed by atoms with E-state index in [-0.39, 0.29) is 18.6 Å². The monoisotopic (exact) mass is 359 g/mol. The highest BCUT2D eigenvalue weighted by Gasteiger charge is 2.14. The van der Waals surface area contributed by atoms with Crippen LogP contribution in [0, 0.1) is 0 Å². The number of ether oxygens (including phenoxy) is 2. The summed E-state index contributed by atoms with van der Waals surface area (Å²) in [6, 6.07) is 14.9. The van der Waals surface area contributed by atoms with Gasteiger partial charge in [0.15, 0.2) is 11.5 Å². The molecule has 0 saturated heterocycles. The van der Waals surface area contributed by atoms with E-state index in [1.54, 1.807) is 11.8 Å². The summed E-state index contributed by atoms with van der Waals surface area (Å²) in [4.78, 5) is 13.2. The first-order valence-electron chi connectivity index (χ1n) is 8.24. The smallest absolute Gasteiger partial charge is 0.221 e. The van der Waals surface area contributed by atoms with Gasteiger partial charge in [-0.3, -0.25) is 4.79 Å². The van der Waals surface area contributed by atoms with Gasteiger partial charge >= 0.3 is 0 Å². The van der Waals surface area contributed by atoms with Gasteiger partial charge in [0.2, 0.25) is 5.91 Å². The molecule has 0 spiro atoms. The van der Waals surface area contributed by atoms with Gasteiger partial charge in [-0.25, -0.2) is 0 Å². The van der Waals surface area contributed by atoms with Gasteiger partial charge < -0.3 is 19.9 Å². The van der Waals surface area contributed by atoms with Gasteiger partial charge in [-0.1, -0.05) is 30.3 Å². The minimum absolute atomic E-state index is 0.0760. The Labute approximate surface area is 151 Å². The van der Waals surface area contributed by atoms with Gasteiger partial charge in [-0.2, -0.15) is 0 Å². The van der Waals surface area contributed by atoms with Crippen LogP contribution in [0.1, 0.15) is 18.0 Å². The molecule has 0 unspecified atom stereocenters. The molecule has 2 aromatic rings. The summed E-state index contributed by atoms with van der Waals surface area (Å²) in [5.41, 5.74) is 0.901. The van der Waals surface area contributed by atoms with Crippen LogP contribution in [0.4, 0.5) is 0 Å². The van der Waals surface area contributed by atoms with Crippen molar-refractivity contribution in [1.82, 2.24) is 5.32 Å². The van der Waals surface area contributed by atoms with E-state index in [4.69, 9.17) is 9.47 Å². The number of hydrogen-bond donors (Lipinski definition) is 2. The second-order valence-corrected chi connectivity index (χ2v) is 6.79. The molecular formula is C19H21NO4S. The van der Waals surface area contributed by atoms with Crippen LogP contribution in [0.3, 0.4) is 0 Å². The summed E-state index contributed by atoms with van der Waals surface area (Å²) in [7, 11) is 0. The van der Waals surface area contributed by atoms with Gasteiger partial charge in [0.25, 0.3) is 0 Å². The summed E-state index contributed by atoms with van der Waals surface area (Å²) >= 11 is 1.59. The number of thioether (sulfide) groups is 1. The van der Waals surface area contributed by atoms with Crippen molar-refractivity contribution in [2.75, 3.05) is 25.6 Å². The quantitative estimate of drug-likeness (QED) is 0.744. The molecule has 1 aliphatic heterocycles. The first-order chi connectivity index (χ1) is 12.3. The summed E-state index contributed by atoms with van der Waals surface area (Å²) in [5.74, 6) is 2.10. The van der Waals surface area contributed by atoms with Crippen LogP contribution in [0.5, 0.6) is 11.5 Å². The van der Waals surface area contributed by atoms with Gasteiger partial charge in [0.05, 0.1) is 12.6 Å². The van der Waals surface area contributed by atoms with E-state index in [1.807, 2.05) is 48.5 Å². The second-order valence-electron chi connectivity index (χ2n) is 5.62. The zero-order chi connectivity index (χ0) is 17.5. The first-order valence-corrected chi connectivity index (χ1v) is 9.22. The summed E-state index contributed by atoms with van der Waals surface area (Å²) < 4.78 is 11.1. The second kappa shape index (κ2) is 8.78. The van der Waals surface area contributed by atoms with E-state index in [1.165, 1.54) is 0 Å². The van der Waals surface area contributed by atoms with Crippen LogP contribution >= 0.6 is 11.8 Å². The minimum Gasteiger partial charge on any atom is -0.486 e. The number of amides is 1. The Morgan fingerprint density at radius 3 is 2.64 bits per heavy atom. The lowest BCUT2D eigenvalue weighted by molar-refractivity contribution is -0.121. The normalized spacial score (nSPS) is 14.0. The van der Waals surface area contributed by atoms with E-state index < -0.39 is 0 Å². The molecule has 0 bridgehead atoms. The van der Waals surface area contributed by atoms with E-state index in [0.29, 0.717) is 25.4 Å². The Morgan fingerprint density at radius 2 is 1.88 bits per heavy atom. The van der Waals surface area contributed by atoms with Gasteiger partial charge in [-0.05, 0) is 23.8 Å². The maximum atomic E-state index is 12.1. The number of nitrogens with one attached hydrogen (secondary N) is 1. The van der Waals surface area contributed by atoms with E-state index in [2.05, 4.69) is 5.32 Å². The van der Waals surface area contributed by atoms with Crippen molar-refractivity contribution in [3.63, 3.8) is 0 Å². The number of hydrogen-bond acceptors (Lipinski definition) is 5. The Kier molecular flexibility index (Phi) is 6.19. The number of benzene rings is 2. The lowest BCUT2D eigenvalue weighted by Gasteiger charge is -2.19. The molecule has 6 heteroatoms. The van der Waals surface area contributed by atoms with Crippen LogP contribution in [0.2, 0.25) is 0 Å². The molecule has 0 radical (unpaired) electrons. The summed E-state index contributed by atoms with van der Waals surface area (Å²) in [6.07, 6.45) is 0.377. The Morgan fingerprint density at radius 1 is 1.12 bits per heavy atom. The zero-order valence-electron chi connectivity index (χ0n) is 13.8. The molecule has 25 heavy (non-hydrogen) atoms. The SMILES string of the molecule is O=C(CCSc1ccc2c(c1)OCCO2)N[C@@H](CO)c1ccccc1. The van der Waals surface area contributed by atoms with Crippen LogP contribution < -0.4 is 14.8 Å². The third-order valence-electron chi connectivity index (χ3n) is 3.83. The summed E-state index contributed by atoms with van der Waals surface area (Å²) in [6.45, 7) is 1.02. The fourth-order valence-electron chi connectivity index (χ4n) is 2.56. The third-order valence-corrected chi connectivity index (χ3v) is 4.83. The minimum atomic E-state index is -0.368. The van der Waals surface area contributed by atoms with E-state index in [9.17, 15) is 9.90 Å². The fraction of sp³-hybridized carbons (Fsp3) is 0.316. The first kappa shape index (κ1) is 17.6. The van der Waals surface area contributed by atoms with Crippen molar-refractivity contribution >= 4 is 17.7 Å². The van der Waals surface area contributed by atoms with Gasteiger partial charge in [0, 0.05) is 17.1 Å². The van der Waals surface area contributed by atoms with Crippen molar-refractivity contribution in [2.45, 2.75) is 17.4 Å². The number of fused-ring (bicyclic) bond motifs is 1. The molecule has 0 aromatic heterocycles. The Hall–Kier alpha value is -2.18. The highest BCUT2D eigenvalue weighted by Crippen LogP contribution is 2.34. The number of carbonyl (C=O) groups is 1. The molecule has 1 aliphatic rings. The van der Waals surface area contributed by atoms with Crippen molar-refractivity contribution in [2.24, 2.45) is 0 Å². The van der Waals surface area contributed by atoms with Crippen LogP contribution in [-0.2, 0) is 4.79 Å². The summed E-state index contributed by atoms with van der Waals surface area (Å²) in [5, 5.41) is 12.4. The highest BCUT2D eigenvalue weighted by molar-refractivity contribution is 7.99. The van der Waals surface area contributed by atoms with Gasteiger partial charge in [0.1, 0.15) is 13.2 Å². The molecule has 0 aliphatic carbocycles. The zero-order valence-corrected chi connectivity index (χ0v) is 14.6. The number of rotatable bonds is 7. The molecule has 1 atom stereocenters. The maximum absolute atomic E-state index is 12.1. The molecule has 2 aromatic carbocycles. The van der Waals surface area contributed by atoms with Crippen molar-refractivity contribution in [3.05, 3.63) is 54.1 Å². The lowest BCUT2D eigenvalue weighted by atomic mass is 10.1. The van der Waals surface area contributed by atoms with Crippen LogP contribution in [0.25, 0.3) is 0 Å². The third kappa shape index (κ3) is 4.90. The molecule has 0 saturated carbocycles. The van der Waals surface area contributed by atoms with Gasteiger partial charge in [-0.15, -0.1) is 11.8 Å². The molecule has 132 valence electrons. The Bertz CT molecular complexity index is 708.